The summed E-state index contributed by atoms with van der Waals surface area (Å²) < 4.78 is 0. The first-order valence-electron chi connectivity index (χ1n) is 4.36. The van der Waals surface area contributed by atoms with Gasteiger partial charge in [-0.1, -0.05) is 5.20 Å². The van der Waals surface area contributed by atoms with Crippen molar-refractivity contribution in [3.8, 4) is 0 Å². The molecule has 14 heavy (non-hydrogen) atoms. The first kappa shape index (κ1) is 12.9. The van der Waals surface area contributed by atoms with Crippen LogP contribution in [0.4, 0.5) is 9.59 Å². The SMILES string of the molecule is C=C(C)[SiH](C(=O)N(C)C)C(=O)N(C)C. The molecule has 0 aromatic rings. The molecule has 0 saturated heterocycles. The minimum Gasteiger partial charge on any atom is -0.353 e. The van der Waals surface area contributed by atoms with Crippen molar-refractivity contribution in [3.63, 3.8) is 0 Å². The Morgan fingerprint density at radius 2 is 1.29 bits per heavy atom. The van der Waals surface area contributed by atoms with Gasteiger partial charge in [-0.05, 0) is 6.92 Å². The van der Waals surface area contributed by atoms with E-state index in [1.807, 2.05) is 0 Å². The Labute approximate surface area is 86.8 Å². The Morgan fingerprint density at radius 3 is 1.43 bits per heavy atom. The minimum absolute atomic E-state index is 0.0869. The van der Waals surface area contributed by atoms with Crippen molar-refractivity contribution < 1.29 is 9.59 Å². The van der Waals surface area contributed by atoms with Crippen LogP contribution >= 0.6 is 0 Å². The Balaban J connectivity index is 4.88. The maximum atomic E-state index is 11.7. The summed E-state index contributed by atoms with van der Waals surface area (Å²) in [6.45, 7) is 5.48. The number of rotatable bonds is 3. The average Bonchev–Trinajstić information content (AvgIpc) is 2.03. The van der Waals surface area contributed by atoms with E-state index in [4.69, 9.17) is 0 Å². The second kappa shape index (κ2) is 4.95. The number of hydrogen-bond acceptors (Lipinski definition) is 2. The highest BCUT2D eigenvalue weighted by Crippen LogP contribution is 2.05. The first-order valence-corrected chi connectivity index (χ1v) is 6.10. The molecular weight excluding hydrogens is 196 g/mol. The van der Waals surface area contributed by atoms with Crippen LogP contribution in [0, 0.1) is 0 Å². The van der Waals surface area contributed by atoms with Gasteiger partial charge in [-0.2, -0.15) is 0 Å². The fraction of sp³-hybridized carbons (Fsp3) is 0.556. The number of hydrogen-bond donors (Lipinski definition) is 0. The molecule has 5 heteroatoms. The van der Waals surface area contributed by atoms with Gasteiger partial charge in [-0.25, -0.2) is 0 Å². The minimum atomic E-state index is -2.23. The highest BCUT2D eigenvalue weighted by atomic mass is 28.3. The maximum absolute atomic E-state index is 11.7. The highest BCUT2D eigenvalue weighted by Gasteiger charge is 2.32. The van der Waals surface area contributed by atoms with Crippen LogP contribution in [0.2, 0.25) is 0 Å². The summed E-state index contributed by atoms with van der Waals surface area (Å²) in [6, 6.07) is 0. The molecule has 0 saturated carbocycles. The summed E-state index contributed by atoms with van der Waals surface area (Å²) in [6.07, 6.45) is 0. The van der Waals surface area contributed by atoms with Crippen LogP contribution in [-0.2, 0) is 0 Å². The summed E-state index contributed by atoms with van der Waals surface area (Å²) in [7, 11) is 4.41. The lowest BCUT2D eigenvalue weighted by Crippen LogP contribution is -2.47. The van der Waals surface area contributed by atoms with Crippen LogP contribution in [0.5, 0.6) is 0 Å². The number of carbonyl (C=O) groups is 2. The molecule has 0 unspecified atom stereocenters. The van der Waals surface area contributed by atoms with E-state index in [1.165, 1.54) is 9.80 Å². The molecule has 0 aliphatic carbocycles. The van der Waals surface area contributed by atoms with Crippen molar-refractivity contribution in [1.82, 2.24) is 9.80 Å². The lowest BCUT2D eigenvalue weighted by molar-refractivity contribution is 0.232. The van der Waals surface area contributed by atoms with Crippen molar-refractivity contribution >= 4 is 19.9 Å². The zero-order chi connectivity index (χ0) is 11.5. The lowest BCUT2D eigenvalue weighted by Gasteiger charge is -2.21. The molecule has 0 aromatic carbocycles. The lowest BCUT2D eigenvalue weighted by atomic mass is 10.8. The summed E-state index contributed by atoms with van der Waals surface area (Å²) in [5.41, 5.74) is -0.174. The molecule has 0 N–H and O–H groups in total. The first-order chi connectivity index (χ1) is 6.29. The van der Waals surface area contributed by atoms with E-state index in [0.717, 1.165) is 0 Å². The van der Waals surface area contributed by atoms with Crippen LogP contribution in [0.15, 0.2) is 11.8 Å². The summed E-state index contributed by atoms with van der Waals surface area (Å²) in [5, 5.41) is 0.711. The molecule has 0 spiro atoms. The second-order valence-electron chi connectivity index (χ2n) is 3.74. The van der Waals surface area contributed by atoms with E-state index in [-0.39, 0.29) is 11.1 Å². The Hall–Kier alpha value is -1.10. The summed E-state index contributed by atoms with van der Waals surface area (Å²) in [5.74, 6) is 0. The van der Waals surface area contributed by atoms with Crippen LogP contribution in [0.1, 0.15) is 6.92 Å². The molecule has 0 heterocycles. The van der Waals surface area contributed by atoms with E-state index in [2.05, 4.69) is 6.58 Å². The second-order valence-corrected chi connectivity index (χ2v) is 6.58. The van der Waals surface area contributed by atoms with Crippen LogP contribution in [0.25, 0.3) is 0 Å². The third-order valence-electron chi connectivity index (χ3n) is 1.87. The molecule has 80 valence electrons. The van der Waals surface area contributed by atoms with E-state index >= 15 is 0 Å². The van der Waals surface area contributed by atoms with Gasteiger partial charge in [0.15, 0.2) is 0 Å². The summed E-state index contributed by atoms with van der Waals surface area (Å²) >= 11 is 0. The van der Waals surface area contributed by atoms with Crippen LogP contribution in [-0.4, -0.2) is 57.8 Å². The molecule has 0 radical (unpaired) electrons. The van der Waals surface area contributed by atoms with E-state index in [0.29, 0.717) is 5.20 Å². The van der Waals surface area contributed by atoms with Crippen molar-refractivity contribution in [3.05, 3.63) is 11.8 Å². The zero-order valence-corrected chi connectivity index (χ0v) is 10.7. The molecule has 0 fully saturated rings. The quantitative estimate of drug-likeness (QED) is 0.654. The largest absolute Gasteiger partial charge is 0.353 e. The van der Waals surface area contributed by atoms with Crippen LogP contribution < -0.4 is 0 Å². The number of allylic oxidation sites excluding steroid dienone is 1. The van der Waals surface area contributed by atoms with Crippen molar-refractivity contribution in [2.45, 2.75) is 6.92 Å². The fourth-order valence-corrected chi connectivity index (χ4v) is 3.13. The maximum Gasteiger partial charge on any atom is 0.272 e. The molecule has 0 aliphatic heterocycles. The third kappa shape index (κ3) is 2.99. The van der Waals surface area contributed by atoms with Gasteiger partial charge < -0.3 is 9.80 Å². The fourth-order valence-electron chi connectivity index (χ4n) is 1.04. The van der Waals surface area contributed by atoms with Gasteiger partial charge in [0.2, 0.25) is 11.1 Å². The molecule has 0 atom stereocenters. The van der Waals surface area contributed by atoms with E-state index in [1.54, 1.807) is 35.1 Å². The van der Waals surface area contributed by atoms with Gasteiger partial charge in [-0.15, -0.1) is 6.58 Å². The third-order valence-corrected chi connectivity index (χ3v) is 4.87. The van der Waals surface area contributed by atoms with E-state index in [9.17, 15) is 9.59 Å². The smallest absolute Gasteiger partial charge is 0.272 e. The Kier molecular flexibility index (Phi) is 4.56. The van der Waals surface area contributed by atoms with Crippen molar-refractivity contribution in [1.29, 1.82) is 0 Å². The van der Waals surface area contributed by atoms with E-state index < -0.39 is 8.80 Å². The topological polar surface area (TPSA) is 40.6 Å². The predicted octanol–water partition coefficient (Wildman–Crippen LogP) is 0.855. The van der Waals surface area contributed by atoms with Gasteiger partial charge >= 0.3 is 0 Å². The molecule has 0 rings (SSSR count). The van der Waals surface area contributed by atoms with Gasteiger partial charge in [0.05, 0.1) is 0 Å². The predicted molar refractivity (Wildman–Crippen MR) is 60.1 cm³/mol. The number of amides is 2. The molecule has 0 bridgehead atoms. The van der Waals surface area contributed by atoms with Crippen LogP contribution in [0.3, 0.4) is 0 Å². The zero-order valence-electron chi connectivity index (χ0n) is 9.50. The normalized spacial score (nSPS) is 9.86. The van der Waals surface area contributed by atoms with Gasteiger partial charge in [0.25, 0.3) is 8.80 Å². The molecule has 0 aromatic heterocycles. The summed E-state index contributed by atoms with van der Waals surface area (Å²) in [4.78, 5) is 26.3. The monoisotopic (exact) mass is 214 g/mol. The van der Waals surface area contributed by atoms with Crippen molar-refractivity contribution in [2.24, 2.45) is 0 Å². The Bertz CT molecular complexity index is 242. The molecule has 0 aliphatic rings. The van der Waals surface area contributed by atoms with Gasteiger partial charge in [0.1, 0.15) is 0 Å². The Morgan fingerprint density at radius 1 is 1.00 bits per heavy atom. The number of carbonyl (C=O) groups excluding carboxylic acids is 2. The molecule has 2 amide bonds. The molecular formula is C9H18N2O2Si. The average molecular weight is 214 g/mol. The standard InChI is InChI=1S/C9H18N2O2Si/c1-7(2)14(8(12)10(3)4)9(13)11(5)6/h14H,1H2,2-6H3. The molecule has 4 nitrogen and oxygen atoms in total. The van der Waals surface area contributed by atoms with Crippen molar-refractivity contribution in [2.75, 3.05) is 28.2 Å². The van der Waals surface area contributed by atoms with Gasteiger partial charge in [-0.3, -0.25) is 9.59 Å². The van der Waals surface area contributed by atoms with Gasteiger partial charge in [0, 0.05) is 28.2 Å². The number of nitrogens with zero attached hydrogens (tertiary/aromatic N) is 2. The highest BCUT2D eigenvalue weighted by molar-refractivity contribution is 7.14.